The summed E-state index contributed by atoms with van der Waals surface area (Å²) in [5, 5.41) is 12.9. The van der Waals surface area contributed by atoms with Gasteiger partial charge in [-0.3, -0.25) is 0 Å². The molecule has 1 saturated carbocycles. The van der Waals surface area contributed by atoms with Crippen molar-refractivity contribution in [1.29, 1.82) is 0 Å². The van der Waals surface area contributed by atoms with Gasteiger partial charge in [-0.05, 0) is 50.1 Å². The van der Waals surface area contributed by atoms with Crippen LogP contribution in [0.5, 0.6) is 0 Å². The number of nitrogens with zero attached hydrogens (tertiary/aromatic N) is 3. The third-order valence-electron chi connectivity index (χ3n) is 3.63. The van der Waals surface area contributed by atoms with Crippen molar-refractivity contribution in [1.82, 2.24) is 20.1 Å². The zero-order valence-electron chi connectivity index (χ0n) is 12.2. The monoisotopic (exact) mass is 288 g/mol. The predicted octanol–water partition coefficient (Wildman–Crippen LogP) is 2.84. The Labute approximate surface area is 124 Å². The van der Waals surface area contributed by atoms with Crippen LogP contribution in [0.15, 0.2) is 28.3 Å². The molecule has 5 heteroatoms. The minimum absolute atomic E-state index is 0.727. The second-order valence-corrected chi connectivity index (χ2v) is 6.47. The zero-order chi connectivity index (χ0) is 14.1. The maximum absolute atomic E-state index is 4.24. The molecule has 106 valence electrons. The van der Waals surface area contributed by atoms with E-state index in [0.717, 1.165) is 23.6 Å². The molecule has 20 heavy (non-hydrogen) atoms. The lowest BCUT2D eigenvalue weighted by molar-refractivity contribution is 0.679. The third kappa shape index (κ3) is 3.04. The molecule has 0 aliphatic heterocycles. The Balaban J connectivity index is 1.81. The van der Waals surface area contributed by atoms with Crippen molar-refractivity contribution in [3.05, 3.63) is 35.2 Å². The van der Waals surface area contributed by atoms with Crippen LogP contribution in [0, 0.1) is 13.8 Å². The number of aryl methyl sites for hydroxylation is 2. The summed E-state index contributed by atoms with van der Waals surface area (Å²) in [6, 6.07) is 7.34. The van der Waals surface area contributed by atoms with Crippen molar-refractivity contribution in [3.8, 4) is 0 Å². The molecular weight excluding hydrogens is 268 g/mol. The number of benzene rings is 1. The van der Waals surface area contributed by atoms with E-state index in [-0.39, 0.29) is 0 Å². The van der Waals surface area contributed by atoms with E-state index in [1.807, 2.05) is 18.5 Å². The van der Waals surface area contributed by atoms with E-state index in [2.05, 4.69) is 40.6 Å². The summed E-state index contributed by atoms with van der Waals surface area (Å²) in [6.45, 7) is 5.05. The van der Waals surface area contributed by atoms with Gasteiger partial charge in [0.1, 0.15) is 5.82 Å². The summed E-state index contributed by atoms with van der Waals surface area (Å²) in [4.78, 5) is 1.26. The minimum atomic E-state index is 0.727. The van der Waals surface area contributed by atoms with Gasteiger partial charge in [0, 0.05) is 24.5 Å². The standard InChI is InChI=1S/C15H20N4S/c1-10-4-7-14(12(8-10)9-16-13-5-6-13)20-15-18-17-11(2)19(15)3/h4,7-8,13,16H,5-6,9H2,1-3H3. The van der Waals surface area contributed by atoms with E-state index in [9.17, 15) is 0 Å². The Morgan fingerprint density at radius 3 is 2.75 bits per heavy atom. The number of rotatable bonds is 5. The van der Waals surface area contributed by atoms with E-state index >= 15 is 0 Å². The molecule has 0 amide bonds. The number of hydrogen-bond acceptors (Lipinski definition) is 4. The molecule has 1 aromatic carbocycles. The molecule has 0 bridgehead atoms. The van der Waals surface area contributed by atoms with Crippen molar-refractivity contribution in [2.45, 2.75) is 49.3 Å². The molecule has 0 saturated heterocycles. The van der Waals surface area contributed by atoms with Crippen molar-refractivity contribution in [3.63, 3.8) is 0 Å². The molecular formula is C15H20N4S. The summed E-state index contributed by atoms with van der Waals surface area (Å²) < 4.78 is 2.03. The molecule has 3 rings (SSSR count). The van der Waals surface area contributed by atoms with Crippen LogP contribution in [-0.2, 0) is 13.6 Å². The fraction of sp³-hybridized carbons (Fsp3) is 0.467. The quantitative estimate of drug-likeness (QED) is 0.918. The Morgan fingerprint density at radius 1 is 1.30 bits per heavy atom. The topological polar surface area (TPSA) is 42.7 Å². The lowest BCUT2D eigenvalue weighted by Crippen LogP contribution is -2.16. The lowest BCUT2D eigenvalue weighted by Gasteiger charge is -2.11. The third-order valence-corrected chi connectivity index (χ3v) is 4.78. The van der Waals surface area contributed by atoms with Gasteiger partial charge in [-0.1, -0.05) is 17.7 Å². The first-order valence-corrected chi connectivity index (χ1v) is 7.82. The Morgan fingerprint density at radius 2 is 2.10 bits per heavy atom. The first-order valence-electron chi connectivity index (χ1n) is 7.00. The van der Waals surface area contributed by atoms with E-state index < -0.39 is 0 Å². The summed E-state index contributed by atoms with van der Waals surface area (Å²) in [7, 11) is 2.01. The van der Waals surface area contributed by atoms with Gasteiger partial charge in [-0.25, -0.2) is 0 Å². The fourth-order valence-corrected chi connectivity index (χ4v) is 3.01. The van der Waals surface area contributed by atoms with Gasteiger partial charge in [0.15, 0.2) is 5.16 Å². The number of aromatic nitrogens is 3. The minimum Gasteiger partial charge on any atom is -0.310 e. The maximum Gasteiger partial charge on any atom is 0.195 e. The van der Waals surface area contributed by atoms with Crippen molar-refractivity contribution < 1.29 is 0 Å². The molecule has 0 radical (unpaired) electrons. The normalized spacial score (nSPS) is 14.8. The first-order chi connectivity index (χ1) is 9.63. The Kier molecular flexibility index (Phi) is 3.81. The van der Waals surface area contributed by atoms with Gasteiger partial charge in [0.05, 0.1) is 0 Å². The molecule has 1 aliphatic rings. The smallest absolute Gasteiger partial charge is 0.195 e. The lowest BCUT2D eigenvalue weighted by atomic mass is 10.1. The van der Waals surface area contributed by atoms with Gasteiger partial charge < -0.3 is 9.88 Å². The highest BCUT2D eigenvalue weighted by Crippen LogP contribution is 2.30. The van der Waals surface area contributed by atoms with Crippen LogP contribution in [0.4, 0.5) is 0 Å². The first kappa shape index (κ1) is 13.6. The molecule has 1 aliphatic carbocycles. The van der Waals surface area contributed by atoms with Crippen LogP contribution in [0.25, 0.3) is 0 Å². The van der Waals surface area contributed by atoms with Crippen LogP contribution in [-0.4, -0.2) is 20.8 Å². The van der Waals surface area contributed by atoms with E-state index in [1.165, 1.54) is 28.9 Å². The summed E-state index contributed by atoms with van der Waals surface area (Å²) >= 11 is 1.69. The largest absolute Gasteiger partial charge is 0.310 e. The van der Waals surface area contributed by atoms with E-state index in [4.69, 9.17) is 0 Å². The summed E-state index contributed by atoms with van der Waals surface area (Å²) in [5.41, 5.74) is 2.65. The second-order valence-electron chi connectivity index (χ2n) is 5.46. The van der Waals surface area contributed by atoms with Gasteiger partial charge in [0.2, 0.25) is 0 Å². The molecule has 1 aromatic heterocycles. The van der Waals surface area contributed by atoms with Gasteiger partial charge >= 0.3 is 0 Å². The average molecular weight is 288 g/mol. The SMILES string of the molecule is Cc1ccc(Sc2nnc(C)n2C)c(CNC2CC2)c1. The van der Waals surface area contributed by atoms with Crippen molar-refractivity contribution >= 4 is 11.8 Å². The van der Waals surface area contributed by atoms with E-state index in [1.54, 1.807) is 11.8 Å². The molecule has 0 spiro atoms. The highest BCUT2D eigenvalue weighted by molar-refractivity contribution is 7.99. The highest BCUT2D eigenvalue weighted by Gasteiger charge is 2.20. The van der Waals surface area contributed by atoms with E-state index in [0.29, 0.717) is 0 Å². The maximum atomic E-state index is 4.24. The molecule has 1 heterocycles. The molecule has 4 nitrogen and oxygen atoms in total. The van der Waals surface area contributed by atoms with Crippen LogP contribution in [0.1, 0.15) is 29.8 Å². The van der Waals surface area contributed by atoms with Crippen molar-refractivity contribution in [2.75, 3.05) is 0 Å². The fourth-order valence-electron chi connectivity index (χ4n) is 2.06. The predicted molar refractivity (Wildman–Crippen MR) is 80.9 cm³/mol. The van der Waals surface area contributed by atoms with Crippen molar-refractivity contribution in [2.24, 2.45) is 7.05 Å². The number of nitrogens with one attached hydrogen (secondary N) is 1. The van der Waals surface area contributed by atoms with Crippen LogP contribution >= 0.6 is 11.8 Å². The molecule has 0 unspecified atom stereocenters. The highest BCUT2D eigenvalue weighted by atomic mass is 32.2. The zero-order valence-corrected chi connectivity index (χ0v) is 13.0. The van der Waals surface area contributed by atoms with Crippen LogP contribution in [0.3, 0.4) is 0 Å². The van der Waals surface area contributed by atoms with Gasteiger partial charge in [-0.2, -0.15) is 0 Å². The Hall–Kier alpha value is -1.33. The molecule has 2 aromatic rings. The van der Waals surface area contributed by atoms with Crippen LogP contribution < -0.4 is 5.32 Å². The van der Waals surface area contributed by atoms with Gasteiger partial charge in [0.25, 0.3) is 0 Å². The average Bonchev–Trinajstić information content (AvgIpc) is 3.21. The number of hydrogen-bond donors (Lipinski definition) is 1. The summed E-state index contributed by atoms with van der Waals surface area (Å²) in [6.07, 6.45) is 2.63. The summed E-state index contributed by atoms with van der Waals surface area (Å²) in [5.74, 6) is 0.942. The van der Waals surface area contributed by atoms with Gasteiger partial charge in [-0.15, -0.1) is 10.2 Å². The Bertz CT molecular complexity index is 616. The molecule has 1 fully saturated rings. The second kappa shape index (κ2) is 5.58. The molecule has 1 N–H and O–H groups in total. The molecule has 0 atom stereocenters. The van der Waals surface area contributed by atoms with Crippen LogP contribution in [0.2, 0.25) is 0 Å².